The molecule has 0 aliphatic carbocycles. The molecule has 0 saturated carbocycles. The minimum absolute atomic E-state index is 0.173. The predicted octanol–water partition coefficient (Wildman–Crippen LogP) is 2.80. The van der Waals surface area contributed by atoms with Crippen molar-refractivity contribution in [1.82, 2.24) is 0 Å². The SMILES string of the molecule is O=S1CCC(Nc2c(F)cccc2Cl)CC1. The van der Waals surface area contributed by atoms with Gasteiger partial charge in [-0.15, -0.1) is 0 Å². The van der Waals surface area contributed by atoms with Crippen LogP contribution in [0.5, 0.6) is 0 Å². The van der Waals surface area contributed by atoms with E-state index in [4.69, 9.17) is 11.6 Å². The number of para-hydroxylation sites is 1. The first-order valence-corrected chi connectivity index (χ1v) is 7.09. The van der Waals surface area contributed by atoms with E-state index in [0.717, 1.165) is 12.8 Å². The van der Waals surface area contributed by atoms with Gasteiger partial charge in [0.15, 0.2) is 0 Å². The van der Waals surface area contributed by atoms with E-state index in [1.807, 2.05) is 0 Å². The van der Waals surface area contributed by atoms with Crippen LogP contribution < -0.4 is 5.32 Å². The van der Waals surface area contributed by atoms with E-state index in [0.29, 0.717) is 22.2 Å². The zero-order chi connectivity index (χ0) is 11.5. The molecule has 1 N–H and O–H groups in total. The molecule has 1 aliphatic rings. The number of nitrogens with one attached hydrogen (secondary N) is 1. The van der Waals surface area contributed by atoms with Gasteiger partial charge in [-0.2, -0.15) is 0 Å². The second-order valence-corrected chi connectivity index (χ2v) is 5.97. The lowest BCUT2D eigenvalue weighted by Crippen LogP contribution is -2.29. The van der Waals surface area contributed by atoms with Crippen LogP contribution in [0, 0.1) is 5.82 Å². The molecule has 16 heavy (non-hydrogen) atoms. The van der Waals surface area contributed by atoms with Crippen molar-refractivity contribution in [3.8, 4) is 0 Å². The van der Waals surface area contributed by atoms with Crippen molar-refractivity contribution in [2.24, 2.45) is 0 Å². The standard InChI is InChI=1S/C11H13ClFNOS/c12-9-2-1-3-10(13)11(9)14-8-4-6-16(15)7-5-8/h1-3,8,14H,4-7H2. The zero-order valence-corrected chi connectivity index (χ0v) is 10.3. The summed E-state index contributed by atoms with van der Waals surface area (Å²) >= 11 is 5.91. The van der Waals surface area contributed by atoms with Gasteiger partial charge in [0.2, 0.25) is 0 Å². The van der Waals surface area contributed by atoms with Crippen molar-refractivity contribution < 1.29 is 8.60 Å². The molecule has 0 atom stereocenters. The minimum Gasteiger partial charge on any atom is -0.379 e. The maximum absolute atomic E-state index is 13.5. The van der Waals surface area contributed by atoms with Crippen molar-refractivity contribution in [3.63, 3.8) is 0 Å². The topological polar surface area (TPSA) is 29.1 Å². The number of anilines is 1. The van der Waals surface area contributed by atoms with Crippen LogP contribution in [0.25, 0.3) is 0 Å². The predicted molar refractivity (Wildman–Crippen MR) is 65.9 cm³/mol. The summed E-state index contributed by atoms with van der Waals surface area (Å²) in [6, 6.07) is 4.80. The van der Waals surface area contributed by atoms with E-state index in [2.05, 4.69) is 5.32 Å². The molecule has 0 aromatic heterocycles. The molecular weight excluding hydrogens is 249 g/mol. The molecule has 88 valence electrons. The van der Waals surface area contributed by atoms with Crippen LogP contribution in [0.1, 0.15) is 12.8 Å². The minimum atomic E-state index is -0.696. The Balaban J connectivity index is 2.06. The maximum atomic E-state index is 13.5. The Morgan fingerprint density at radius 1 is 1.38 bits per heavy atom. The Kier molecular flexibility index (Phi) is 3.82. The Morgan fingerprint density at radius 2 is 2.06 bits per heavy atom. The van der Waals surface area contributed by atoms with Gasteiger partial charge >= 0.3 is 0 Å². The summed E-state index contributed by atoms with van der Waals surface area (Å²) in [4.78, 5) is 0. The molecule has 0 amide bonds. The van der Waals surface area contributed by atoms with Crippen molar-refractivity contribution in [2.45, 2.75) is 18.9 Å². The fraction of sp³-hybridized carbons (Fsp3) is 0.455. The Hall–Kier alpha value is -0.610. The third-order valence-corrected chi connectivity index (χ3v) is 4.40. The van der Waals surface area contributed by atoms with Crippen LogP contribution in [-0.4, -0.2) is 21.8 Å². The summed E-state index contributed by atoms with van der Waals surface area (Å²) in [5.74, 6) is 1.03. The van der Waals surface area contributed by atoms with Gasteiger partial charge in [-0.3, -0.25) is 4.21 Å². The van der Waals surface area contributed by atoms with Crippen LogP contribution in [0.15, 0.2) is 18.2 Å². The number of hydrogen-bond acceptors (Lipinski definition) is 2. The molecule has 1 aromatic rings. The van der Waals surface area contributed by atoms with E-state index in [-0.39, 0.29) is 11.9 Å². The number of benzene rings is 1. The average molecular weight is 262 g/mol. The molecule has 5 heteroatoms. The van der Waals surface area contributed by atoms with E-state index >= 15 is 0 Å². The Bertz CT molecular complexity index is 383. The van der Waals surface area contributed by atoms with Gasteiger partial charge in [0.1, 0.15) is 5.82 Å². The van der Waals surface area contributed by atoms with Gasteiger partial charge in [0.25, 0.3) is 0 Å². The van der Waals surface area contributed by atoms with E-state index < -0.39 is 10.8 Å². The smallest absolute Gasteiger partial charge is 0.147 e. The van der Waals surface area contributed by atoms with E-state index in [1.165, 1.54) is 6.07 Å². The zero-order valence-electron chi connectivity index (χ0n) is 8.71. The van der Waals surface area contributed by atoms with E-state index in [9.17, 15) is 8.60 Å². The molecule has 2 rings (SSSR count). The van der Waals surface area contributed by atoms with Gasteiger partial charge in [0.05, 0.1) is 10.7 Å². The molecular formula is C11H13ClFNOS. The van der Waals surface area contributed by atoms with Gasteiger partial charge in [-0.25, -0.2) is 4.39 Å². The summed E-state index contributed by atoms with van der Waals surface area (Å²) < 4.78 is 24.7. The van der Waals surface area contributed by atoms with Crippen LogP contribution in [0.2, 0.25) is 5.02 Å². The van der Waals surface area contributed by atoms with Crippen molar-refractivity contribution in [3.05, 3.63) is 29.0 Å². The number of rotatable bonds is 2. The fourth-order valence-electron chi connectivity index (χ4n) is 1.78. The lowest BCUT2D eigenvalue weighted by molar-refractivity contribution is 0.604. The third kappa shape index (κ3) is 2.74. The average Bonchev–Trinajstić information content (AvgIpc) is 2.26. The number of hydrogen-bond donors (Lipinski definition) is 1. The van der Waals surface area contributed by atoms with Gasteiger partial charge in [-0.05, 0) is 25.0 Å². The van der Waals surface area contributed by atoms with Crippen molar-refractivity contribution in [2.75, 3.05) is 16.8 Å². The fourth-order valence-corrected chi connectivity index (χ4v) is 3.29. The highest BCUT2D eigenvalue weighted by molar-refractivity contribution is 7.85. The molecule has 2 nitrogen and oxygen atoms in total. The van der Waals surface area contributed by atoms with Crippen molar-refractivity contribution in [1.29, 1.82) is 0 Å². The van der Waals surface area contributed by atoms with Gasteiger partial charge in [-0.1, -0.05) is 17.7 Å². The number of halogens is 2. The monoisotopic (exact) mass is 261 g/mol. The summed E-state index contributed by atoms with van der Waals surface area (Å²) in [6.45, 7) is 0. The van der Waals surface area contributed by atoms with Gasteiger partial charge < -0.3 is 5.32 Å². The largest absolute Gasteiger partial charge is 0.379 e. The highest BCUT2D eigenvalue weighted by atomic mass is 35.5. The third-order valence-electron chi connectivity index (χ3n) is 2.70. The Morgan fingerprint density at radius 3 is 2.69 bits per heavy atom. The molecule has 0 spiro atoms. The molecule has 1 fully saturated rings. The lowest BCUT2D eigenvalue weighted by atomic mass is 10.1. The molecule has 0 radical (unpaired) electrons. The second kappa shape index (κ2) is 5.15. The van der Waals surface area contributed by atoms with E-state index in [1.54, 1.807) is 12.1 Å². The van der Waals surface area contributed by atoms with Crippen LogP contribution in [0.3, 0.4) is 0 Å². The summed E-state index contributed by atoms with van der Waals surface area (Å²) in [6.07, 6.45) is 1.61. The molecule has 1 heterocycles. The highest BCUT2D eigenvalue weighted by Crippen LogP contribution is 2.27. The summed E-state index contributed by atoms with van der Waals surface area (Å²) in [5, 5.41) is 3.49. The molecule has 1 aromatic carbocycles. The lowest BCUT2D eigenvalue weighted by Gasteiger charge is -2.24. The van der Waals surface area contributed by atoms with Crippen LogP contribution in [0.4, 0.5) is 10.1 Å². The summed E-state index contributed by atoms with van der Waals surface area (Å²) in [5.41, 5.74) is 0.363. The highest BCUT2D eigenvalue weighted by Gasteiger charge is 2.19. The first-order valence-electron chi connectivity index (χ1n) is 5.22. The molecule has 1 aliphatic heterocycles. The summed E-state index contributed by atoms with van der Waals surface area (Å²) in [7, 11) is -0.696. The molecule has 1 saturated heterocycles. The van der Waals surface area contributed by atoms with Crippen LogP contribution in [-0.2, 0) is 10.8 Å². The Labute approximate surface area is 102 Å². The molecule has 0 bridgehead atoms. The first-order chi connectivity index (χ1) is 7.66. The quantitative estimate of drug-likeness (QED) is 0.887. The van der Waals surface area contributed by atoms with Gasteiger partial charge in [0, 0.05) is 28.3 Å². The van der Waals surface area contributed by atoms with Crippen LogP contribution >= 0.6 is 11.6 Å². The van der Waals surface area contributed by atoms with Crippen molar-refractivity contribution >= 4 is 28.1 Å². The maximum Gasteiger partial charge on any atom is 0.147 e. The molecule has 0 unspecified atom stereocenters. The second-order valence-electron chi connectivity index (χ2n) is 3.86. The first kappa shape index (κ1) is 11.9. The normalized spacial score (nSPS) is 25.4.